The van der Waals surface area contributed by atoms with Gasteiger partial charge in [-0.1, -0.05) is 24.3 Å². The molecule has 0 aromatic heterocycles. The topological polar surface area (TPSA) is 60.0 Å². The Bertz CT molecular complexity index is 1080. The van der Waals surface area contributed by atoms with Gasteiger partial charge in [0.25, 0.3) is 5.91 Å². The Labute approximate surface area is 168 Å². The summed E-state index contributed by atoms with van der Waals surface area (Å²) in [7, 11) is 1.63. The Balaban J connectivity index is 1.64. The van der Waals surface area contributed by atoms with E-state index in [4.69, 9.17) is 14.2 Å². The molecule has 29 heavy (non-hydrogen) atoms. The van der Waals surface area contributed by atoms with Crippen molar-refractivity contribution < 1.29 is 19.0 Å². The number of fused-ring (bicyclic) bond motifs is 2. The number of carbonyl (C=O) groups excluding carboxylic acids is 1. The lowest BCUT2D eigenvalue weighted by molar-refractivity contribution is 0.0974. The molecule has 3 aromatic carbocycles. The number of benzene rings is 3. The smallest absolute Gasteiger partial charge is 0.262 e. The third-order valence-corrected chi connectivity index (χ3v) is 5.14. The van der Waals surface area contributed by atoms with Gasteiger partial charge in [0.05, 0.1) is 18.4 Å². The molecule has 2 aliphatic heterocycles. The summed E-state index contributed by atoms with van der Waals surface area (Å²) in [4.78, 5) is 15.3. The van der Waals surface area contributed by atoms with Crippen LogP contribution in [-0.2, 0) is 0 Å². The molecule has 6 heteroatoms. The number of hydrogen-bond acceptors (Lipinski definition) is 5. The molecule has 1 unspecified atom stereocenters. The lowest BCUT2D eigenvalue weighted by Crippen LogP contribution is -2.43. The number of para-hydroxylation sites is 1. The Morgan fingerprint density at radius 2 is 1.79 bits per heavy atom. The number of rotatable bonds is 3. The van der Waals surface area contributed by atoms with Crippen LogP contribution in [0.1, 0.15) is 22.1 Å². The van der Waals surface area contributed by atoms with Gasteiger partial charge in [-0.3, -0.25) is 9.69 Å². The zero-order chi connectivity index (χ0) is 19.8. The quantitative estimate of drug-likeness (QED) is 0.727. The Hall–Kier alpha value is -3.67. The van der Waals surface area contributed by atoms with E-state index in [1.165, 1.54) is 0 Å². The van der Waals surface area contributed by atoms with E-state index in [-0.39, 0.29) is 5.91 Å². The van der Waals surface area contributed by atoms with Crippen LogP contribution in [0.3, 0.4) is 0 Å². The van der Waals surface area contributed by atoms with E-state index in [9.17, 15) is 4.79 Å². The summed E-state index contributed by atoms with van der Waals surface area (Å²) in [6.07, 6.45) is -0.393. The van der Waals surface area contributed by atoms with Crippen LogP contribution in [0.4, 0.5) is 11.4 Å². The molecule has 6 nitrogen and oxygen atoms in total. The van der Waals surface area contributed by atoms with Crippen LogP contribution >= 0.6 is 0 Å². The lowest BCUT2D eigenvalue weighted by Gasteiger charge is -2.38. The van der Waals surface area contributed by atoms with Crippen LogP contribution in [0.25, 0.3) is 0 Å². The average molecular weight is 388 g/mol. The molecule has 146 valence electrons. The van der Waals surface area contributed by atoms with Crippen molar-refractivity contribution in [3.63, 3.8) is 0 Å². The lowest BCUT2D eigenvalue weighted by atomic mass is 10.0. The van der Waals surface area contributed by atoms with E-state index < -0.39 is 6.17 Å². The fraction of sp³-hybridized carbons (Fsp3) is 0.174. The SMILES string of the molecule is COc1cccc(C2Nc3ccccc3C(=O)N2c2ccc3c(c2)OCCO3)c1. The molecule has 0 saturated heterocycles. The fourth-order valence-corrected chi connectivity index (χ4v) is 3.75. The van der Waals surface area contributed by atoms with Gasteiger partial charge in [0.2, 0.25) is 0 Å². The standard InChI is InChI=1S/C23H20N2O4/c1-27-17-6-4-5-15(13-17)22-24-19-8-3-2-7-18(19)23(26)25(22)16-9-10-20-21(14-16)29-12-11-28-20/h2-10,13-14,22,24H,11-12H2,1H3. The molecule has 1 amide bonds. The first-order valence-electron chi connectivity index (χ1n) is 9.47. The molecule has 0 saturated carbocycles. The number of methoxy groups -OCH3 is 1. The highest BCUT2D eigenvalue weighted by Gasteiger charge is 2.34. The summed E-state index contributed by atoms with van der Waals surface area (Å²) < 4.78 is 16.8. The Kier molecular flexibility index (Phi) is 4.24. The van der Waals surface area contributed by atoms with E-state index in [2.05, 4.69) is 5.32 Å². The summed E-state index contributed by atoms with van der Waals surface area (Å²) in [6.45, 7) is 1.02. The largest absolute Gasteiger partial charge is 0.497 e. The minimum Gasteiger partial charge on any atom is -0.497 e. The molecule has 2 aliphatic rings. The number of carbonyl (C=O) groups is 1. The monoisotopic (exact) mass is 388 g/mol. The van der Waals surface area contributed by atoms with Gasteiger partial charge in [-0.05, 0) is 42.0 Å². The molecular weight excluding hydrogens is 368 g/mol. The van der Waals surface area contributed by atoms with Crippen molar-refractivity contribution in [2.24, 2.45) is 0 Å². The molecule has 0 aliphatic carbocycles. The minimum atomic E-state index is -0.393. The maximum Gasteiger partial charge on any atom is 0.262 e. The highest BCUT2D eigenvalue weighted by Crippen LogP contribution is 2.41. The summed E-state index contributed by atoms with van der Waals surface area (Å²) in [5.41, 5.74) is 3.08. The number of nitrogens with zero attached hydrogens (tertiary/aromatic N) is 1. The van der Waals surface area contributed by atoms with E-state index in [1.54, 1.807) is 12.0 Å². The second kappa shape index (κ2) is 7.05. The summed E-state index contributed by atoms with van der Waals surface area (Å²) in [5, 5.41) is 3.50. The van der Waals surface area contributed by atoms with Crippen molar-refractivity contribution in [2.45, 2.75) is 6.17 Å². The molecule has 0 fully saturated rings. The number of nitrogens with one attached hydrogen (secondary N) is 1. The summed E-state index contributed by atoms with van der Waals surface area (Å²) in [6, 6.07) is 20.8. The number of hydrogen-bond donors (Lipinski definition) is 1. The number of ether oxygens (including phenoxy) is 3. The van der Waals surface area contributed by atoms with Gasteiger partial charge in [-0.2, -0.15) is 0 Å². The Morgan fingerprint density at radius 1 is 0.966 bits per heavy atom. The molecule has 5 rings (SSSR count). The minimum absolute atomic E-state index is 0.0798. The first kappa shape index (κ1) is 17.4. The average Bonchev–Trinajstić information content (AvgIpc) is 2.79. The van der Waals surface area contributed by atoms with E-state index >= 15 is 0 Å². The second-order valence-corrected chi connectivity index (χ2v) is 6.87. The van der Waals surface area contributed by atoms with Crippen LogP contribution in [-0.4, -0.2) is 26.2 Å². The van der Waals surface area contributed by atoms with Gasteiger partial charge in [0, 0.05) is 11.8 Å². The maximum atomic E-state index is 13.5. The highest BCUT2D eigenvalue weighted by molar-refractivity contribution is 6.12. The molecule has 1 N–H and O–H groups in total. The van der Waals surface area contributed by atoms with Crippen LogP contribution < -0.4 is 24.4 Å². The van der Waals surface area contributed by atoms with Gasteiger partial charge in [0.15, 0.2) is 11.5 Å². The molecule has 0 radical (unpaired) electrons. The molecule has 2 heterocycles. The zero-order valence-corrected chi connectivity index (χ0v) is 15.9. The number of anilines is 2. The van der Waals surface area contributed by atoms with Crippen LogP contribution in [0.5, 0.6) is 17.2 Å². The van der Waals surface area contributed by atoms with Gasteiger partial charge in [-0.15, -0.1) is 0 Å². The molecule has 1 atom stereocenters. The van der Waals surface area contributed by atoms with Crippen LogP contribution in [0, 0.1) is 0 Å². The van der Waals surface area contributed by atoms with Crippen molar-refractivity contribution in [3.8, 4) is 17.2 Å². The molecule has 0 bridgehead atoms. The second-order valence-electron chi connectivity index (χ2n) is 6.87. The van der Waals surface area contributed by atoms with Crippen molar-refractivity contribution >= 4 is 17.3 Å². The zero-order valence-electron chi connectivity index (χ0n) is 15.9. The van der Waals surface area contributed by atoms with Crippen molar-refractivity contribution in [2.75, 3.05) is 30.5 Å². The predicted octanol–water partition coefficient (Wildman–Crippen LogP) is 4.24. The normalized spacial score (nSPS) is 17.3. The maximum absolute atomic E-state index is 13.5. The summed E-state index contributed by atoms with van der Waals surface area (Å²) >= 11 is 0. The molecular formula is C23H20N2O4. The van der Waals surface area contributed by atoms with E-state index in [1.807, 2.05) is 66.7 Å². The van der Waals surface area contributed by atoms with Gasteiger partial charge in [0.1, 0.15) is 25.1 Å². The van der Waals surface area contributed by atoms with Gasteiger partial charge in [-0.25, -0.2) is 0 Å². The van der Waals surface area contributed by atoms with Gasteiger partial charge < -0.3 is 19.5 Å². The van der Waals surface area contributed by atoms with Crippen molar-refractivity contribution in [3.05, 3.63) is 77.9 Å². The van der Waals surface area contributed by atoms with Crippen molar-refractivity contribution in [1.29, 1.82) is 0 Å². The van der Waals surface area contributed by atoms with Gasteiger partial charge >= 0.3 is 0 Å². The third-order valence-electron chi connectivity index (χ3n) is 5.14. The van der Waals surface area contributed by atoms with E-state index in [0.29, 0.717) is 30.3 Å². The predicted molar refractivity (Wildman–Crippen MR) is 110 cm³/mol. The first-order chi connectivity index (χ1) is 14.2. The third kappa shape index (κ3) is 3.02. The fourth-order valence-electron chi connectivity index (χ4n) is 3.75. The van der Waals surface area contributed by atoms with Crippen molar-refractivity contribution in [1.82, 2.24) is 0 Å². The Morgan fingerprint density at radius 3 is 2.66 bits per heavy atom. The number of amides is 1. The molecule has 0 spiro atoms. The van der Waals surface area contributed by atoms with Crippen LogP contribution in [0.2, 0.25) is 0 Å². The van der Waals surface area contributed by atoms with E-state index in [0.717, 1.165) is 22.7 Å². The highest BCUT2D eigenvalue weighted by atomic mass is 16.6. The first-order valence-corrected chi connectivity index (χ1v) is 9.47. The summed E-state index contributed by atoms with van der Waals surface area (Å²) in [5.74, 6) is 1.99. The van der Waals surface area contributed by atoms with Crippen LogP contribution in [0.15, 0.2) is 66.7 Å². The molecule has 3 aromatic rings.